The summed E-state index contributed by atoms with van der Waals surface area (Å²) in [5.41, 5.74) is 0. The molecule has 0 aliphatic heterocycles. The smallest absolute Gasteiger partial charge is 0.303 e. The summed E-state index contributed by atoms with van der Waals surface area (Å²) in [5, 5.41) is 17.1. The van der Waals surface area contributed by atoms with E-state index in [-0.39, 0.29) is 6.42 Å². The van der Waals surface area contributed by atoms with Gasteiger partial charge in [-0.1, -0.05) is 88.9 Å². The van der Waals surface area contributed by atoms with Gasteiger partial charge in [0.15, 0.2) is 0 Å². The first-order valence-electron chi connectivity index (χ1n) is 11.5. The molecule has 0 unspecified atom stereocenters. The van der Waals surface area contributed by atoms with Crippen LogP contribution in [-0.4, -0.2) is 22.2 Å². The molecular weight excluding hydrogens is 364 g/mol. The van der Waals surface area contributed by atoms with Gasteiger partial charge in [0.05, 0.1) is 0 Å². The van der Waals surface area contributed by atoms with Crippen LogP contribution in [0.4, 0.5) is 0 Å². The molecule has 0 amide bonds. The Balaban J connectivity index is 3.19. The van der Waals surface area contributed by atoms with Crippen molar-refractivity contribution in [3.8, 4) is 23.7 Å². The van der Waals surface area contributed by atoms with E-state index in [1.54, 1.807) is 0 Å². The second kappa shape index (κ2) is 22.4. The average Bonchev–Trinajstić information content (AvgIpc) is 2.68. The van der Waals surface area contributed by atoms with Crippen LogP contribution in [0.3, 0.4) is 0 Å². The Bertz CT molecular complexity index is 530. The molecule has 2 N–H and O–H groups in total. The molecule has 0 rings (SSSR count). The molecule has 0 radical (unpaired) electrons. The lowest BCUT2D eigenvalue weighted by Gasteiger charge is -2.03. The number of carboxylic acid groups (broad SMARTS) is 2. The minimum Gasteiger partial charge on any atom is -0.481 e. The summed E-state index contributed by atoms with van der Waals surface area (Å²) in [4.78, 5) is 20.7. The quantitative estimate of drug-likeness (QED) is 0.188. The van der Waals surface area contributed by atoms with Crippen LogP contribution in [0, 0.1) is 23.7 Å². The van der Waals surface area contributed by atoms with Crippen molar-refractivity contribution in [2.24, 2.45) is 0 Å². The zero-order valence-electron chi connectivity index (χ0n) is 18.1. The van der Waals surface area contributed by atoms with Crippen molar-refractivity contribution < 1.29 is 19.8 Å². The molecule has 0 fully saturated rings. The Labute approximate surface area is 177 Å². The average molecular weight is 405 g/mol. The highest BCUT2D eigenvalue weighted by atomic mass is 16.4. The van der Waals surface area contributed by atoms with Gasteiger partial charge in [0.2, 0.25) is 0 Å². The highest BCUT2D eigenvalue weighted by Gasteiger charge is 1.97. The summed E-state index contributed by atoms with van der Waals surface area (Å²) >= 11 is 0. The standard InChI is InChI=1S/C25H40O4/c26-24(27)22-20-18-16-14-12-10-8-6-4-2-1-3-5-7-9-11-13-15-17-19-21-23-25(28)29/h1-10,12,14,16,18-23H2,(H,26,27)(H,28,29). The van der Waals surface area contributed by atoms with E-state index < -0.39 is 11.9 Å². The molecule has 0 saturated carbocycles. The molecule has 29 heavy (non-hydrogen) atoms. The lowest BCUT2D eigenvalue weighted by Crippen LogP contribution is -1.93. The maximum Gasteiger partial charge on any atom is 0.303 e. The van der Waals surface area contributed by atoms with Gasteiger partial charge >= 0.3 is 11.9 Å². The van der Waals surface area contributed by atoms with Crippen LogP contribution < -0.4 is 0 Å². The van der Waals surface area contributed by atoms with E-state index in [0.29, 0.717) is 19.3 Å². The monoisotopic (exact) mass is 404 g/mol. The maximum absolute atomic E-state index is 10.4. The lowest BCUT2D eigenvalue weighted by atomic mass is 10.0. The van der Waals surface area contributed by atoms with Gasteiger partial charge in [0.25, 0.3) is 0 Å². The number of hydrogen-bond donors (Lipinski definition) is 2. The molecule has 0 saturated heterocycles. The van der Waals surface area contributed by atoms with E-state index in [1.807, 2.05) is 0 Å². The van der Waals surface area contributed by atoms with Crippen molar-refractivity contribution in [2.75, 3.05) is 0 Å². The van der Waals surface area contributed by atoms with Crippen molar-refractivity contribution in [3.05, 3.63) is 0 Å². The van der Waals surface area contributed by atoms with Crippen LogP contribution >= 0.6 is 0 Å². The largest absolute Gasteiger partial charge is 0.481 e. The van der Waals surface area contributed by atoms with E-state index in [9.17, 15) is 9.59 Å². The first-order chi connectivity index (χ1) is 14.1. The molecule has 0 aliphatic carbocycles. The van der Waals surface area contributed by atoms with Gasteiger partial charge in [-0.25, -0.2) is 0 Å². The highest BCUT2D eigenvalue weighted by Crippen LogP contribution is 2.13. The summed E-state index contributed by atoms with van der Waals surface area (Å²) in [5.74, 6) is 10.2. The van der Waals surface area contributed by atoms with Gasteiger partial charge in [0.1, 0.15) is 0 Å². The molecule has 0 aromatic carbocycles. The molecule has 0 heterocycles. The predicted molar refractivity (Wildman–Crippen MR) is 119 cm³/mol. The van der Waals surface area contributed by atoms with Crippen molar-refractivity contribution in [1.82, 2.24) is 0 Å². The van der Waals surface area contributed by atoms with Crippen molar-refractivity contribution in [1.29, 1.82) is 0 Å². The van der Waals surface area contributed by atoms with Crippen molar-refractivity contribution >= 4 is 11.9 Å². The third kappa shape index (κ3) is 26.1. The fraction of sp³-hybridized carbons (Fsp3) is 0.760. The lowest BCUT2D eigenvalue weighted by molar-refractivity contribution is -0.138. The molecule has 0 bridgehead atoms. The number of unbranched alkanes of at least 4 members (excludes halogenated alkanes) is 15. The second-order valence-corrected chi connectivity index (χ2v) is 7.69. The van der Waals surface area contributed by atoms with Crippen LogP contribution in [0.1, 0.15) is 122 Å². The Morgan fingerprint density at radius 3 is 1.17 bits per heavy atom. The van der Waals surface area contributed by atoms with E-state index in [1.165, 1.54) is 70.6 Å². The van der Waals surface area contributed by atoms with Gasteiger partial charge in [-0.2, -0.15) is 0 Å². The van der Waals surface area contributed by atoms with Gasteiger partial charge in [-0.3, -0.25) is 9.59 Å². The fourth-order valence-electron chi connectivity index (χ4n) is 3.15. The third-order valence-electron chi connectivity index (χ3n) is 4.87. The molecule has 0 atom stereocenters. The van der Waals surface area contributed by atoms with Crippen LogP contribution in [0.25, 0.3) is 0 Å². The van der Waals surface area contributed by atoms with Crippen LogP contribution in [0.2, 0.25) is 0 Å². The summed E-state index contributed by atoms with van der Waals surface area (Å²) in [6.45, 7) is 0. The zero-order chi connectivity index (χ0) is 21.4. The van der Waals surface area contributed by atoms with Gasteiger partial charge in [-0.15, -0.1) is 0 Å². The Hall–Kier alpha value is -1.94. The molecule has 4 heteroatoms. The maximum atomic E-state index is 10.4. The molecule has 0 aromatic heterocycles. The summed E-state index contributed by atoms with van der Waals surface area (Å²) < 4.78 is 0. The van der Waals surface area contributed by atoms with Gasteiger partial charge < -0.3 is 10.2 Å². The normalized spacial score (nSPS) is 9.93. The van der Waals surface area contributed by atoms with Crippen LogP contribution in [0.15, 0.2) is 0 Å². The van der Waals surface area contributed by atoms with Gasteiger partial charge in [-0.05, 0) is 31.1 Å². The summed E-state index contributed by atoms with van der Waals surface area (Å²) in [6.07, 6.45) is 19.9. The Kier molecular flexibility index (Phi) is 20.9. The Morgan fingerprint density at radius 2 is 0.759 bits per heavy atom. The van der Waals surface area contributed by atoms with Crippen molar-refractivity contribution in [2.45, 2.75) is 122 Å². The summed E-state index contributed by atoms with van der Waals surface area (Å²) in [7, 11) is 0. The molecule has 164 valence electrons. The van der Waals surface area contributed by atoms with E-state index in [0.717, 1.165) is 25.7 Å². The third-order valence-corrected chi connectivity index (χ3v) is 4.87. The van der Waals surface area contributed by atoms with Crippen LogP contribution in [0.5, 0.6) is 0 Å². The number of rotatable bonds is 19. The number of carboxylic acids is 2. The van der Waals surface area contributed by atoms with E-state index in [4.69, 9.17) is 10.2 Å². The van der Waals surface area contributed by atoms with E-state index >= 15 is 0 Å². The molecule has 0 spiro atoms. The summed E-state index contributed by atoms with van der Waals surface area (Å²) in [6, 6.07) is 0. The topological polar surface area (TPSA) is 74.6 Å². The number of carbonyl (C=O) groups is 2. The molecule has 0 aromatic rings. The first-order valence-corrected chi connectivity index (χ1v) is 11.5. The van der Waals surface area contributed by atoms with Gasteiger partial charge in [0, 0.05) is 25.7 Å². The minimum absolute atomic E-state index is 0.180. The highest BCUT2D eigenvalue weighted by molar-refractivity contribution is 5.66. The molecule has 0 aliphatic rings. The minimum atomic E-state index is -0.767. The predicted octanol–water partition coefficient (Wildman–Crippen LogP) is 6.57. The molecule has 4 nitrogen and oxygen atoms in total. The molecular formula is C25H40O4. The zero-order valence-corrected chi connectivity index (χ0v) is 18.1. The number of hydrogen-bond acceptors (Lipinski definition) is 2. The number of aliphatic carboxylic acids is 2. The first kappa shape index (κ1) is 27.1. The SMILES string of the molecule is O=C(O)CCCC#CC#CCCCCCCCCCCCCCCCCC(=O)O. The fourth-order valence-corrected chi connectivity index (χ4v) is 3.15. The van der Waals surface area contributed by atoms with E-state index in [2.05, 4.69) is 23.7 Å². The Morgan fingerprint density at radius 1 is 0.448 bits per heavy atom. The second-order valence-electron chi connectivity index (χ2n) is 7.69. The van der Waals surface area contributed by atoms with Crippen molar-refractivity contribution in [3.63, 3.8) is 0 Å². The van der Waals surface area contributed by atoms with Crippen LogP contribution in [-0.2, 0) is 9.59 Å².